The van der Waals surface area contributed by atoms with Crippen molar-refractivity contribution in [1.29, 1.82) is 0 Å². The molecule has 0 spiro atoms. The van der Waals surface area contributed by atoms with Crippen molar-refractivity contribution in [3.63, 3.8) is 0 Å². The summed E-state index contributed by atoms with van der Waals surface area (Å²) in [7, 11) is 1.58. The highest BCUT2D eigenvalue weighted by Crippen LogP contribution is 2.27. The molecule has 1 heterocycles. The number of carbonyl (C=O) groups excluding carboxylic acids is 1. The van der Waals surface area contributed by atoms with Crippen molar-refractivity contribution in [2.24, 2.45) is 0 Å². The maximum atomic E-state index is 12.1. The monoisotopic (exact) mass is 310 g/mol. The zero-order chi connectivity index (χ0) is 16.0. The van der Waals surface area contributed by atoms with Crippen LogP contribution in [0.4, 0.5) is 4.79 Å². The van der Waals surface area contributed by atoms with E-state index in [1.165, 1.54) is 0 Å². The van der Waals surface area contributed by atoms with Gasteiger partial charge >= 0.3 is 6.03 Å². The second-order valence-corrected chi connectivity index (χ2v) is 6.07. The van der Waals surface area contributed by atoms with Gasteiger partial charge in [0.2, 0.25) is 0 Å². The highest BCUT2D eigenvalue weighted by Gasteiger charge is 2.29. The number of ether oxygens (including phenoxy) is 1. The van der Waals surface area contributed by atoms with Crippen molar-refractivity contribution in [3.8, 4) is 0 Å². The Labute approximate surface area is 131 Å². The molecule has 22 heavy (non-hydrogen) atoms. The van der Waals surface area contributed by atoms with Gasteiger partial charge < -0.3 is 24.9 Å². The minimum absolute atomic E-state index is 0.274. The van der Waals surface area contributed by atoms with Crippen molar-refractivity contribution in [1.82, 2.24) is 10.6 Å². The quantitative estimate of drug-likeness (QED) is 0.752. The highest BCUT2D eigenvalue weighted by molar-refractivity contribution is 5.74. The first-order valence-electron chi connectivity index (χ1n) is 7.84. The summed E-state index contributed by atoms with van der Waals surface area (Å²) in [5.74, 6) is 1.45. The second kappa shape index (κ2) is 7.65. The molecular formula is C16H26N2O4. The lowest BCUT2D eigenvalue weighted by molar-refractivity contribution is 0.00703. The van der Waals surface area contributed by atoms with Gasteiger partial charge in [0.05, 0.1) is 12.2 Å². The van der Waals surface area contributed by atoms with E-state index in [4.69, 9.17) is 9.15 Å². The molecule has 1 unspecified atom stereocenters. The van der Waals surface area contributed by atoms with Crippen molar-refractivity contribution >= 4 is 6.03 Å². The summed E-state index contributed by atoms with van der Waals surface area (Å²) in [6, 6.07) is 3.01. The molecule has 1 aliphatic rings. The maximum absolute atomic E-state index is 12.1. The van der Waals surface area contributed by atoms with E-state index in [1.807, 2.05) is 19.1 Å². The number of rotatable bonds is 6. The van der Waals surface area contributed by atoms with Crippen LogP contribution in [0.2, 0.25) is 0 Å². The van der Waals surface area contributed by atoms with E-state index >= 15 is 0 Å². The van der Waals surface area contributed by atoms with Crippen LogP contribution < -0.4 is 10.6 Å². The van der Waals surface area contributed by atoms with E-state index in [-0.39, 0.29) is 18.6 Å². The van der Waals surface area contributed by atoms with Crippen LogP contribution in [0.5, 0.6) is 0 Å². The van der Waals surface area contributed by atoms with Gasteiger partial charge in [-0.2, -0.15) is 0 Å². The Morgan fingerprint density at radius 2 is 2.14 bits per heavy atom. The number of methoxy groups -OCH3 is 1. The van der Waals surface area contributed by atoms with Gasteiger partial charge in [-0.25, -0.2) is 4.79 Å². The van der Waals surface area contributed by atoms with E-state index < -0.39 is 5.60 Å². The minimum atomic E-state index is -0.770. The van der Waals surface area contributed by atoms with Crippen LogP contribution in [0.1, 0.15) is 49.7 Å². The first-order valence-corrected chi connectivity index (χ1v) is 7.84. The van der Waals surface area contributed by atoms with Crippen molar-refractivity contribution in [2.75, 3.05) is 20.3 Å². The lowest BCUT2D eigenvalue weighted by Gasteiger charge is -2.32. The molecule has 0 aliphatic heterocycles. The molecule has 3 N–H and O–H groups in total. The topological polar surface area (TPSA) is 83.7 Å². The molecule has 6 heteroatoms. The van der Waals surface area contributed by atoms with Crippen molar-refractivity contribution in [3.05, 3.63) is 23.7 Å². The molecule has 0 aromatic carbocycles. The van der Waals surface area contributed by atoms with E-state index in [2.05, 4.69) is 10.6 Å². The third-order valence-electron chi connectivity index (χ3n) is 4.11. The van der Waals surface area contributed by atoms with Crippen LogP contribution >= 0.6 is 0 Å². The lowest BCUT2D eigenvalue weighted by atomic mass is 9.85. The molecule has 2 rings (SSSR count). The average Bonchev–Trinajstić information content (AvgIpc) is 2.92. The summed E-state index contributed by atoms with van der Waals surface area (Å²) in [5.41, 5.74) is -0.770. The molecular weight excluding hydrogens is 284 g/mol. The number of nitrogens with one attached hydrogen (secondary N) is 2. The average molecular weight is 310 g/mol. The van der Waals surface area contributed by atoms with Gasteiger partial charge in [0.1, 0.15) is 17.6 Å². The summed E-state index contributed by atoms with van der Waals surface area (Å²) in [6.45, 7) is 2.45. The first kappa shape index (κ1) is 16.8. The summed E-state index contributed by atoms with van der Waals surface area (Å²) in [4.78, 5) is 12.1. The molecule has 1 aliphatic carbocycles. The molecule has 0 bridgehead atoms. The third kappa shape index (κ3) is 4.74. The molecule has 1 atom stereocenters. The van der Waals surface area contributed by atoms with Crippen LogP contribution in [-0.4, -0.2) is 37.0 Å². The van der Waals surface area contributed by atoms with Crippen LogP contribution in [0.3, 0.4) is 0 Å². The van der Waals surface area contributed by atoms with Gasteiger partial charge in [-0.15, -0.1) is 0 Å². The van der Waals surface area contributed by atoms with Crippen LogP contribution in [0.15, 0.2) is 16.5 Å². The zero-order valence-corrected chi connectivity index (χ0v) is 13.4. The normalized spacial score (nSPS) is 18.7. The highest BCUT2D eigenvalue weighted by atomic mass is 16.5. The predicted octanol–water partition coefficient (Wildman–Crippen LogP) is 2.27. The zero-order valence-electron chi connectivity index (χ0n) is 13.4. The number of aryl methyl sites for hydroxylation is 1. The Morgan fingerprint density at radius 3 is 2.73 bits per heavy atom. The Morgan fingerprint density at radius 1 is 1.41 bits per heavy atom. The Balaban J connectivity index is 1.85. The number of carbonyl (C=O) groups is 1. The fourth-order valence-electron chi connectivity index (χ4n) is 2.84. The molecule has 2 amide bonds. The van der Waals surface area contributed by atoms with Gasteiger partial charge in [0.15, 0.2) is 0 Å². The van der Waals surface area contributed by atoms with Crippen molar-refractivity contribution in [2.45, 2.75) is 50.7 Å². The maximum Gasteiger partial charge on any atom is 0.315 e. The molecule has 1 aromatic rings. The third-order valence-corrected chi connectivity index (χ3v) is 4.11. The first-order chi connectivity index (χ1) is 10.5. The van der Waals surface area contributed by atoms with Gasteiger partial charge in [0.25, 0.3) is 0 Å². The largest absolute Gasteiger partial charge is 0.464 e. The van der Waals surface area contributed by atoms with Crippen LogP contribution in [0, 0.1) is 6.92 Å². The number of hydrogen-bond donors (Lipinski definition) is 3. The molecule has 6 nitrogen and oxygen atoms in total. The lowest BCUT2D eigenvalue weighted by Crippen LogP contribution is -2.48. The Hall–Kier alpha value is -1.53. The Bertz CT molecular complexity index is 480. The molecule has 124 valence electrons. The summed E-state index contributed by atoms with van der Waals surface area (Å²) < 4.78 is 10.7. The van der Waals surface area contributed by atoms with E-state index in [1.54, 1.807) is 7.11 Å². The second-order valence-electron chi connectivity index (χ2n) is 6.07. The fraction of sp³-hybridized carbons (Fsp3) is 0.688. The molecule has 0 saturated heterocycles. The standard InChI is InChI=1S/C16H26N2O4/c1-12-6-7-14(22-12)13(10-21-2)18-15(19)17-11-16(20)8-4-3-5-9-16/h6-7,13,20H,3-5,8-11H2,1-2H3,(H2,17,18,19). The number of amides is 2. The molecule has 1 fully saturated rings. The van der Waals surface area contributed by atoms with E-state index in [9.17, 15) is 9.90 Å². The summed E-state index contributed by atoms with van der Waals surface area (Å²) >= 11 is 0. The van der Waals surface area contributed by atoms with Gasteiger partial charge in [0, 0.05) is 13.7 Å². The smallest absolute Gasteiger partial charge is 0.315 e. The van der Waals surface area contributed by atoms with Crippen molar-refractivity contribution < 1.29 is 19.1 Å². The van der Waals surface area contributed by atoms with Gasteiger partial charge in [-0.05, 0) is 31.9 Å². The number of urea groups is 1. The number of furan rings is 1. The fourth-order valence-corrected chi connectivity index (χ4v) is 2.84. The summed E-state index contributed by atoms with van der Waals surface area (Å²) in [6.07, 6.45) is 4.66. The molecule has 0 radical (unpaired) electrons. The molecule has 1 saturated carbocycles. The van der Waals surface area contributed by atoms with E-state index in [0.717, 1.165) is 37.9 Å². The van der Waals surface area contributed by atoms with Gasteiger partial charge in [-0.3, -0.25) is 0 Å². The number of hydrogen-bond acceptors (Lipinski definition) is 4. The molecule has 1 aromatic heterocycles. The van der Waals surface area contributed by atoms with E-state index in [0.29, 0.717) is 12.4 Å². The number of aliphatic hydroxyl groups is 1. The SMILES string of the molecule is COCC(NC(=O)NCC1(O)CCCCC1)c1ccc(C)o1. The minimum Gasteiger partial charge on any atom is -0.464 e. The predicted molar refractivity (Wildman–Crippen MR) is 82.6 cm³/mol. The Kier molecular flexibility index (Phi) is 5.85. The summed E-state index contributed by atoms with van der Waals surface area (Å²) in [5, 5.41) is 16.0. The van der Waals surface area contributed by atoms with Crippen LogP contribution in [0.25, 0.3) is 0 Å². The van der Waals surface area contributed by atoms with Gasteiger partial charge in [-0.1, -0.05) is 19.3 Å². The van der Waals surface area contributed by atoms with Crippen LogP contribution in [-0.2, 0) is 4.74 Å².